The van der Waals surface area contributed by atoms with Crippen molar-refractivity contribution in [2.75, 3.05) is 13.7 Å². The average Bonchev–Trinajstić information content (AvgIpc) is 2.52. The molecule has 1 aliphatic heterocycles. The second-order valence-electron chi connectivity index (χ2n) is 7.47. The highest BCUT2D eigenvalue weighted by molar-refractivity contribution is 4.94. The largest absolute Gasteiger partial charge is 0.375 e. The van der Waals surface area contributed by atoms with Gasteiger partial charge in [0, 0.05) is 12.6 Å². The molecule has 0 amide bonds. The average molecular weight is 296 g/mol. The van der Waals surface area contributed by atoms with Gasteiger partial charge in [0.25, 0.3) is 0 Å². The van der Waals surface area contributed by atoms with Crippen LogP contribution in [0.1, 0.15) is 84.5 Å². The van der Waals surface area contributed by atoms with Crippen molar-refractivity contribution in [1.29, 1.82) is 0 Å². The normalized spacial score (nSPS) is 28.4. The van der Waals surface area contributed by atoms with Gasteiger partial charge in [-0.3, -0.25) is 0 Å². The van der Waals surface area contributed by atoms with Crippen LogP contribution in [0.25, 0.3) is 0 Å². The van der Waals surface area contributed by atoms with Crippen LogP contribution in [0.15, 0.2) is 0 Å². The van der Waals surface area contributed by atoms with Gasteiger partial charge in [-0.2, -0.15) is 0 Å². The summed E-state index contributed by atoms with van der Waals surface area (Å²) in [6, 6.07) is 0.698. The lowest BCUT2D eigenvalue weighted by molar-refractivity contribution is -0.124. The first-order valence-electron chi connectivity index (χ1n) is 9.56. The molecule has 1 saturated carbocycles. The SMILES string of the molecule is CCCCC(CC)C(NC)C1CCOC2(CCCCC2)C1. The molecule has 3 atom stereocenters. The number of rotatable bonds is 7. The standard InChI is InChI=1S/C19H37NO/c1-4-6-10-16(5-2)18(20-3)17-11-14-21-19(15-17)12-8-7-9-13-19/h16-18,20H,4-15H2,1-3H3. The molecule has 2 rings (SSSR count). The zero-order valence-corrected chi connectivity index (χ0v) is 14.6. The maximum absolute atomic E-state index is 6.30. The number of nitrogens with one attached hydrogen (secondary N) is 1. The summed E-state index contributed by atoms with van der Waals surface area (Å²) in [5, 5.41) is 3.70. The molecule has 0 aromatic carbocycles. The van der Waals surface area contributed by atoms with Gasteiger partial charge in [-0.05, 0) is 51.0 Å². The van der Waals surface area contributed by atoms with E-state index in [0.29, 0.717) is 6.04 Å². The summed E-state index contributed by atoms with van der Waals surface area (Å²) < 4.78 is 6.30. The molecule has 0 aromatic heterocycles. The maximum Gasteiger partial charge on any atom is 0.0685 e. The Labute approximate surface area is 132 Å². The van der Waals surface area contributed by atoms with Crippen molar-refractivity contribution in [2.45, 2.75) is 96.1 Å². The fourth-order valence-corrected chi connectivity index (χ4v) is 4.88. The lowest BCUT2D eigenvalue weighted by atomic mass is 9.71. The predicted molar refractivity (Wildman–Crippen MR) is 90.6 cm³/mol. The highest BCUT2D eigenvalue weighted by Crippen LogP contribution is 2.43. The Bertz CT molecular complexity index is 280. The van der Waals surface area contributed by atoms with Gasteiger partial charge >= 0.3 is 0 Å². The summed E-state index contributed by atoms with van der Waals surface area (Å²) in [6.45, 7) is 5.68. The third kappa shape index (κ3) is 4.45. The molecule has 21 heavy (non-hydrogen) atoms. The maximum atomic E-state index is 6.30. The molecule has 0 bridgehead atoms. The first-order valence-corrected chi connectivity index (χ1v) is 9.56. The van der Waals surface area contributed by atoms with Crippen LogP contribution in [0.4, 0.5) is 0 Å². The van der Waals surface area contributed by atoms with E-state index >= 15 is 0 Å². The van der Waals surface area contributed by atoms with E-state index in [4.69, 9.17) is 4.74 Å². The zero-order valence-electron chi connectivity index (χ0n) is 14.6. The van der Waals surface area contributed by atoms with E-state index in [9.17, 15) is 0 Å². The van der Waals surface area contributed by atoms with Gasteiger partial charge in [0.15, 0.2) is 0 Å². The van der Waals surface area contributed by atoms with Crippen LogP contribution in [-0.4, -0.2) is 25.3 Å². The van der Waals surface area contributed by atoms with Crippen molar-refractivity contribution < 1.29 is 4.74 Å². The second-order valence-corrected chi connectivity index (χ2v) is 7.47. The third-order valence-corrected chi connectivity index (χ3v) is 6.10. The minimum absolute atomic E-state index is 0.249. The van der Waals surface area contributed by atoms with Crippen LogP contribution in [0.3, 0.4) is 0 Å². The minimum atomic E-state index is 0.249. The Kier molecular flexibility index (Phi) is 7.01. The van der Waals surface area contributed by atoms with Gasteiger partial charge in [0.1, 0.15) is 0 Å². The van der Waals surface area contributed by atoms with E-state index in [1.54, 1.807) is 0 Å². The van der Waals surface area contributed by atoms with E-state index in [0.717, 1.165) is 18.4 Å². The summed E-state index contributed by atoms with van der Waals surface area (Å²) in [5.41, 5.74) is 0.249. The number of hydrogen-bond donors (Lipinski definition) is 1. The van der Waals surface area contributed by atoms with Crippen LogP contribution >= 0.6 is 0 Å². The molecular formula is C19H37NO. The quantitative estimate of drug-likeness (QED) is 0.720. The van der Waals surface area contributed by atoms with Gasteiger partial charge in [-0.1, -0.05) is 52.4 Å². The first kappa shape index (κ1) is 17.3. The van der Waals surface area contributed by atoms with Crippen molar-refractivity contribution in [1.82, 2.24) is 5.32 Å². The van der Waals surface area contributed by atoms with Gasteiger partial charge in [-0.25, -0.2) is 0 Å². The lowest BCUT2D eigenvalue weighted by Gasteiger charge is -2.47. The second kappa shape index (κ2) is 8.53. The Morgan fingerprint density at radius 2 is 1.95 bits per heavy atom. The van der Waals surface area contributed by atoms with Crippen LogP contribution in [0.2, 0.25) is 0 Å². The molecule has 2 nitrogen and oxygen atoms in total. The minimum Gasteiger partial charge on any atom is -0.375 e. The summed E-state index contributed by atoms with van der Waals surface area (Å²) in [4.78, 5) is 0. The van der Waals surface area contributed by atoms with Crippen LogP contribution in [0.5, 0.6) is 0 Å². The first-order chi connectivity index (χ1) is 10.2. The van der Waals surface area contributed by atoms with E-state index in [-0.39, 0.29) is 5.60 Å². The summed E-state index contributed by atoms with van der Waals surface area (Å²) >= 11 is 0. The molecular weight excluding hydrogens is 258 g/mol. The molecule has 1 N–H and O–H groups in total. The fraction of sp³-hybridized carbons (Fsp3) is 1.00. The van der Waals surface area contributed by atoms with E-state index in [1.165, 1.54) is 70.6 Å². The molecule has 0 aromatic rings. The van der Waals surface area contributed by atoms with Crippen molar-refractivity contribution >= 4 is 0 Å². The van der Waals surface area contributed by atoms with Gasteiger partial charge in [0.2, 0.25) is 0 Å². The third-order valence-electron chi connectivity index (χ3n) is 6.10. The Morgan fingerprint density at radius 1 is 1.19 bits per heavy atom. The Balaban J connectivity index is 1.99. The van der Waals surface area contributed by atoms with Gasteiger partial charge < -0.3 is 10.1 Å². The highest BCUT2D eigenvalue weighted by Gasteiger charge is 2.41. The topological polar surface area (TPSA) is 21.3 Å². The molecule has 1 heterocycles. The Hall–Kier alpha value is -0.0800. The number of unbranched alkanes of at least 4 members (excludes halogenated alkanes) is 1. The lowest BCUT2D eigenvalue weighted by Crippen LogP contribution is -2.49. The molecule has 1 saturated heterocycles. The molecule has 1 aliphatic carbocycles. The van der Waals surface area contributed by atoms with Gasteiger partial charge in [-0.15, -0.1) is 0 Å². The van der Waals surface area contributed by atoms with E-state index in [2.05, 4.69) is 26.2 Å². The van der Waals surface area contributed by atoms with Crippen LogP contribution in [-0.2, 0) is 4.74 Å². The number of ether oxygens (including phenoxy) is 1. The highest BCUT2D eigenvalue weighted by atomic mass is 16.5. The predicted octanol–water partition coefficient (Wildman–Crippen LogP) is 4.92. The van der Waals surface area contributed by atoms with Crippen molar-refractivity contribution in [2.24, 2.45) is 11.8 Å². The van der Waals surface area contributed by atoms with Crippen molar-refractivity contribution in [3.8, 4) is 0 Å². The molecule has 2 aliphatic rings. The van der Waals surface area contributed by atoms with Crippen LogP contribution in [0, 0.1) is 11.8 Å². The van der Waals surface area contributed by atoms with E-state index < -0.39 is 0 Å². The smallest absolute Gasteiger partial charge is 0.0685 e. The fourth-order valence-electron chi connectivity index (χ4n) is 4.88. The van der Waals surface area contributed by atoms with Crippen molar-refractivity contribution in [3.63, 3.8) is 0 Å². The molecule has 2 heteroatoms. The van der Waals surface area contributed by atoms with Gasteiger partial charge in [0.05, 0.1) is 5.60 Å². The molecule has 124 valence electrons. The summed E-state index contributed by atoms with van der Waals surface area (Å²) in [5.74, 6) is 1.67. The molecule has 0 radical (unpaired) electrons. The molecule has 1 spiro atoms. The molecule has 3 unspecified atom stereocenters. The summed E-state index contributed by atoms with van der Waals surface area (Å²) in [7, 11) is 2.18. The summed E-state index contributed by atoms with van der Waals surface area (Å²) in [6.07, 6.45) is 14.8. The Morgan fingerprint density at radius 3 is 2.57 bits per heavy atom. The van der Waals surface area contributed by atoms with Crippen LogP contribution < -0.4 is 5.32 Å². The number of hydrogen-bond acceptors (Lipinski definition) is 2. The van der Waals surface area contributed by atoms with Crippen molar-refractivity contribution in [3.05, 3.63) is 0 Å². The zero-order chi connectivity index (χ0) is 15.1. The van der Waals surface area contributed by atoms with E-state index in [1.807, 2.05) is 0 Å². The molecule has 2 fully saturated rings. The monoisotopic (exact) mass is 295 g/mol.